The predicted octanol–water partition coefficient (Wildman–Crippen LogP) is 3.11. The van der Waals surface area contributed by atoms with E-state index in [1.165, 1.54) is 13.8 Å². The van der Waals surface area contributed by atoms with Gasteiger partial charge in [0.25, 0.3) is 0 Å². The number of carbonyl (C=O) groups excluding carboxylic acids is 1. The topological polar surface area (TPSA) is 71.0 Å². The predicted molar refractivity (Wildman–Crippen MR) is 93.7 cm³/mol. The maximum Gasteiger partial charge on any atom is 0.436 e. The minimum atomic E-state index is -4.68. The SMILES string of the molecule is Cc1c(Cl)c(C(F)(F)F)nn1C(C)C(=O)NC1CC(c2ccccc2)NN1. The molecule has 2 heterocycles. The zero-order chi connectivity index (χ0) is 19.8. The first-order valence-electron chi connectivity index (χ1n) is 8.36. The smallest absolute Gasteiger partial charge is 0.338 e. The Morgan fingerprint density at radius 2 is 2.00 bits per heavy atom. The second-order valence-corrected chi connectivity index (χ2v) is 6.79. The molecule has 0 radical (unpaired) electrons. The summed E-state index contributed by atoms with van der Waals surface area (Å²) >= 11 is 5.75. The van der Waals surface area contributed by atoms with Crippen molar-refractivity contribution >= 4 is 17.5 Å². The van der Waals surface area contributed by atoms with Gasteiger partial charge < -0.3 is 5.32 Å². The monoisotopic (exact) mass is 401 g/mol. The van der Waals surface area contributed by atoms with Gasteiger partial charge in [-0.2, -0.15) is 18.3 Å². The summed E-state index contributed by atoms with van der Waals surface area (Å²) in [6, 6.07) is 8.78. The molecule has 1 amide bonds. The molecule has 0 spiro atoms. The van der Waals surface area contributed by atoms with Crippen LogP contribution in [0.1, 0.15) is 42.4 Å². The average molecular weight is 402 g/mol. The number of hydrazine groups is 1. The molecule has 146 valence electrons. The van der Waals surface area contributed by atoms with Crippen molar-refractivity contribution in [2.75, 3.05) is 0 Å². The molecule has 0 saturated carbocycles. The first-order valence-corrected chi connectivity index (χ1v) is 8.74. The van der Waals surface area contributed by atoms with Crippen LogP contribution in [-0.2, 0) is 11.0 Å². The largest absolute Gasteiger partial charge is 0.436 e. The maximum absolute atomic E-state index is 13.0. The van der Waals surface area contributed by atoms with E-state index in [1.54, 1.807) is 0 Å². The minimum Gasteiger partial charge on any atom is -0.338 e. The molecule has 6 nitrogen and oxygen atoms in total. The first-order chi connectivity index (χ1) is 12.7. The van der Waals surface area contributed by atoms with Crippen molar-refractivity contribution in [3.05, 3.63) is 52.3 Å². The third-order valence-electron chi connectivity index (χ3n) is 4.51. The van der Waals surface area contributed by atoms with E-state index in [9.17, 15) is 18.0 Å². The van der Waals surface area contributed by atoms with Crippen LogP contribution in [0.4, 0.5) is 13.2 Å². The van der Waals surface area contributed by atoms with E-state index in [1.807, 2.05) is 30.3 Å². The van der Waals surface area contributed by atoms with E-state index >= 15 is 0 Å². The second kappa shape index (κ2) is 7.49. The molecule has 2 aromatic rings. The zero-order valence-corrected chi connectivity index (χ0v) is 15.4. The lowest BCUT2D eigenvalue weighted by Gasteiger charge is -2.18. The fourth-order valence-corrected chi connectivity index (χ4v) is 3.25. The number of nitrogens with one attached hydrogen (secondary N) is 3. The van der Waals surface area contributed by atoms with E-state index in [0.717, 1.165) is 10.2 Å². The lowest BCUT2D eigenvalue weighted by atomic mass is 10.0. The molecule has 0 bridgehead atoms. The van der Waals surface area contributed by atoms with Crippen molar-refractivity contribution in [1.29, 1.82) is 0 Å². The average Bonchev–Trinajstić information content (AvgIpc) is 3.20. The van der Waals surface area contributed by atoms with Crippen molar-refractivity contribution in [3.63, 3.8) is 0 Å². The number of carbonyl (C=O) groups is 1. The summed E-state index contributed by atoms with van der Waals surface area (Å²) in [4.78, 5) is 12.5. The van der Waals surface area contributed by atoms with Gasteiger partial charge in [0.1, 0.15) is 6.04 Å². The van der Waals surface area contributed by atoms with Crippen molar-refractivity contribution in [2.45, 2.75) is 44.7 Å². The Morgan fingerprint density at radius 3 is 2.59 bits per heavy atom. The minimum absolute atomic E-state index is 0.0181. The van der Waals surface area contributed by atoms with Gasteiger partial charge in [-0.15, -0.1) is 0 Å². The molecule has 3 N–H and O–H groups in total. The van der Waals surface area contributed by atoms with E-state index in [2.05, 4.69) is 21.3 Å². The number of benzene rings is 1. The van der Waals surface area contributed by atoms with Crippen molar-refractivity contribution in [2.24, 2.45) is 0 Å². The fraction of sp³-hybridized carbons (Fsp3) is 0.412. The van der Waals surface area contributed by atoms with Crippen LogP contribution in [0.15, 0.2) is 30.3 Å². The number of rotatable bonds is 4. The molecule has 0 aliphatic carbocycles. The van der Waals surface area contributed by atoms with E-state index in [0.29, 0.717) is 6.42 Å². The van der Waals surface area contributed by atoms with Crippen molar-refractivity contribution < 1.29 is 18.0 Å². The van der Waals surface area contributed by atoms with Crippen LogP contribution in [-0.4, -0.2) is 21.9 Å². The Hall–Kier alpha value is -2.10. The normalized spacial score (nSPS) is 21.3. The highest BCUT2D eigenvalue weighted by Crippen LogP contribution is 2.36. The highest BCUT2D eigenvalue weighted by atomic mass is 35.5. The molecule has 1 aromatic carbocycles. The summed E-state index contributed by atoms with van der Waals surface area (Å²) in [5.41, 5.74) is 6.04. The Morgan fingerprint density at radius 1 is 1.33 bits per heavy atom. The lowest BCUT2D eigenvalue weighted by molar-refractivity contribution is -0.141. The summed E-state index contributed by atoms with van der Waals surface area (Å²) in [6.45, 7) is 2.87. The van der Waals surface area contributed by atoms with Gasteiger partial charge in [0.05, 0.1) is 16.9 Å². The van der Waals surface area contributed by atoms with Crippen molar-refractivity contribution in [3.8, 4) is 0 Å². The molecular weight excluding hydrogens is 383 g/mol. The number of aromatic nitrogens is 2. The van der Waals surface area contributed by atoms with Crippen LogP contribution < -0.4 is 16.2 Å². The zero-order valence-electron chi connectivity index (χ0n) is 14.6. The molecule has 27 heavy (non-hydrogen) atoms. The standard InChI is InChI=1S/C17H19ClF3N5O/c1-9-14(18)15(17(19,20)21)25-26(9)10(2)16(27)22-13-8-12(23-24-13)11-6-4-3-5-7-11/h3-7,10,12-13,23-24H,8H2,1-2H3,(H,22,27). The van der Waals surface area contributed by atoms with Gasteiger partial charge in [0.2, 0.25) is 5.91 Å². The molecule has 3 atom stereocenters. The summed E-state index contributed by atoms with van der Waals surface area (Å²) in [5.74, 6) is -0.459. The third-order valence-corrected chi connectivity index (χ3v) is 4.97. The number of hydrogen-bond acceptors (Lipinski definition) is 4. The van der Waals surface area contributed by atoms with Gasteiger partial charge >= 0.3 is 6.18 Å². The van der Waals surface area contributed by atoms with E-state index < -0.39 is 28.8 Å². The van der Waals surface area contributed by atoms with Crippen LogP contribution in [0, 0.1) is 6.92 Å². The molecule has 3 unspecified atom stereocenters. The Bertz CT molecular complexity index is 824. The highest BCUT2D eigenvalue weighted by molar-refractivity contribution is 6.32. The van der Waals surface area contributed by atoms with Gasteiger partial charge in [0.15, 0.2) is 5.69 Å². The van der Waals surface area contributed by atoms with Gasteiger partial charge in [-0.3, -0.25) is 9.48 Å². The molecular formula is C17H19ClF3N5O. The first kappa shape index (κ1) is 19.7. The molecule has 1 aliphatic rings. The Labute approximate surface area is 159 Å². The molecule has 1 saturated heterocycles. The van der Waals surface area contributed by atoms with Crippen LogP contribution >= 0.6 is 11.6 Å². The van der Waals surface area contributed by atoms with Crippen LogP contribution in [0.5, 0.6) is 0 Å². The summed E-state index contributed by atoms with van der Waals surface area (Å²) in [5, 5.41) is 5.78. The molecule has 1 aliphatic heterocycles. The summed E-state index contributed by atoms with van der Waals surface area (Å²) in [7, 11) is 0. The number of nitrogens with zero attached hydrogens (tertiary/aromatic N) is 2. The Kier molecular flexibility index (Phi) is 5.45. The van der Waals surface area contributed by atoms with E-state index in [4.69, 9.17) is 11.6 Å². The number of alkyl halides is 3. The fourth-order valence-electron chi connectivity index (χ4n) is 3.01. The van der Waals surface area contributed by atoms with Gasteiger partial charge in [-0.1, -0.05) is 41.9 Å². The van der Waals surface area contributed by atoms with Crippen LogP contribution in [0.2, 0.25) is 5.02 Å². The summed E-state index contributed by atoms with van der Waals surface area (Å²) in [6.07, 6.45) is -4.45. The maximum atomic E-state index is 13.0. The third kappa shape index (κ3) is 4.10. The molecule has 1 fully saturated rings. The van der Waals surface area contributed by atoms with Crippen LogP contribution in [0.3, 0.4) is 0 Å². The van der Waals surface area contributed by atoms with Gasteiger partial charge in [-0.25, -0.2) is 10.9 Å². The van der Waals surface area contributed by atoms with Crippen LogP contribution in [0.25, 0.3) is 0 Å². The highest BCUT2D eigenvalue weighted by Gasteiger charge is 2.39. The summed E-state index contributed by atoms with van der Waals surface area (Å²) < 4.78 is 39.9. The van der Waals surface area contributed by atoms with Gasteiger partial charge in [-0.05, 0) is 19.4 Å². The molecule has 10 heteroatoms. The quantitative estimate of drug-likeness (QED) is 0.736. The Balaban J connectivity index is 1.67. The number of amides is 1. The number of halogens is 4. The van der Waals surface area contributed by atoms with E-state index in [-0.39, 0.29) is 17.9 Å². The van der Waals surface area contributed by atoms with Crippen molar-refractivity contribution in [1.82, 2.24) is 25.9 Å². The lowest BCUT2D eigenvalue weighted by Crippen LogP contribution is -2.46. The molecule has 3 rings (SSSR count). The molecule has 1 aromatic heterocycles. The number of hydrogen-bond donors (Lipinski definition) is 3. The second-order valence-electron chi connectivity index (χ2n) is 6.42. The van der Waals surface area contributed by atoms with Gasteiger partial charge in [0, 0.05) is 12.5 Å².